The summed E-state index contributed by atoms with van der Waals surface area (Å²) in [6.45, 7) is 4.57. The SMILES string of the molecule is CC1OCCC1(C)NC(=O)c1cnc(Cl)cn1. The number of aromatic nitrogens is 2. The van der Waals surface area contributed by atoms with Gasteiger partial charge in [0.05, 0.1) is 24.0 Å². The van der Waals surface area contributed by atoms with Crippen LogP contribution in [0.25, 0.3) is 0 Å². The molecule has 2 unspecified atom stereocenters. The Balaban J connectivity index is 2.09. The van der Waals surface area contributed by atoms with E-state index in [1.807, 2.05) is 13.8 Å². The van der Waals surface area contributed by atoms with Crippen LogP contribution in [0.15, 0.2) is 12.4 Å². The number of halogens is 1. The number of nitrogens with one attached hydrogen (secondary N) is 1. The van der Waals surface area contributed by atoms with Crippen LogP contribution >= 0.6 is 11.6 Å². The molecule has 6 heteroatoms. The summed E-state index contributed by atoms with van der Waals surface area (Å²) in [5.74, 6) is -0.256. The molecule has 2 heterocycles. The minimum Gasteiger partial charge on any atom is -0.376 e. The normalized spacial score (nSPS) is 28.1. The first-order valence-electron chi connectivity index (χ1n) is 5.43. The number of ether oxygens (including phenoxy) is 1. The van der Waals surface area contributed by atoms with E-state index in [0.29, 0.717) is 6.61 Å². The summed E-state index contributed by atoms with van der Waals surface area (Å²) in [5, 5.41) is 3.20. The third kappa shape index (κ3) is 2.56. The van der Waals surface area contributed by atoms with Crippen molar-refractivity contribution in [2.24, 2.45) is 0 Å². The van der Waals surface area contributed by atoms with Crippen LogP contribution in [-0.2, 0) is 4.74 Å². The molecule has 1 aromatic heterocycles. The van der Waals surface area contributed by atoms with Gasteiger partial charge >= 0.3 is 0 Å². The molecule has 2 atom stereocenters. The number of carbonyl (C=O) groups excluding carboxylic acids is 1. The van der Waals surface area contributed by atoms with Gasteiger partial charge in [0.2, 0.25) is 0 Å². The van der Waals surface area contributed by atoms with E-state index in [0.717, 1.165) is 6.42 Å². The first-order valence-corrected chi connectivity index (χ1v) is 5.81. The standard InChI is InChI=1S/C11H14ClN3O2/c1-7-11(2,3-4-17-7)15-10(16)8-5-14-9(12)6-13-8/h5-7H,3-4H2,1-2H3,(H,15,16). The van der Waals surface area contributed by atoms with Gasteiger partial charge < -0.3 is 10.1 Å². The van der Waals surface area contributed by atoms with Gasteiger partial charge in [-0.1, -0.05) is 11.6 Å². The lowest BCUT2D eigenvalue weighted by molar-refractivity contribution is 0.0724. The second-order valence-corrected chi connectivity index (χ2v) is 4.75. The van der Waals surface area contributed by atoms with E-state index in [1.165, 1.54) is 12.4 Å². The Kier molecular flexibility index (Phi) is 3.31. The van der Waals surface area contributed by atoms with Crippen LogP contribution in [-0.4, -0.2) is 34.1 Å². The Morgan fingerprint density at radius 2 is 2.35 bits per heavy atom. The van der Waals surface area contributed by atoms with Crippen molar-refractivity contribution in [3.05, 3.63) is 23.2 Å². The molecular weight excluding hydrogens is 242 g/mol. The lowest BCUT2D eigenvalue weighted by Crippen LogP contribution is -2.50. The van der Waals surface area contributed by atoms with Crippen LogP contribution in [0.2, 0.25) is 5.15 Å². The zero-order chi connectivity index (χ0) is 12.5. The number of nitrogens with zero attached hydrogens (tertiary/aromatic N) is 2. The smallest absolute Gasteiger partial charge is 0.271 e. The van der Waals surface area contributed by atoms with Gasteiger partial charge in [0.1, 0.15) is 10.8 Å². The highest BCUT2D eigenvalue weighted by atomic mass is 35.5. The van der Waals surface area contributed by atoms with E-state index in [4.69, 9.17) is 16.3 Å². The first-order chi connectivity index (χ1) is 8.01. The van der Waals surface area contributed by atoms with Crippen molar-refractivity contribution in [3.8, 4) is 0 Å². The maximum atomic E-state index is 12.0. The average molecular weight is 256 g/mol. The van der Waals surface area contributed by atoms with Crippen LogP contribution in [0.1, 0.15) is 30.8 Å². The number of hydrogen-bond donors (Lipinski definition) is 1. The predicted molar refractivity (Wildman–Crippen MR) is 62.9 cm³/mol. The van der Waals surface area contributed by atoms with Crippen molar-refractivity contribution in [3.63, 3.8) is 0 Å². The molecule has 1 fully saturated rings. The third-order valence-corrected chi connectivity index (χ3v) is 3.33. The van der Waals surface area contributed by atoms with Crippen LogP contribution in [0.5, 0.6) is 0 Å². The zero-order valence-corrected chi connectivity index (χ0v) is 10.5. The molecule has 1 aromatic rings. The van der Waals surface area contributed by atoms with Crippen molar-refractivity contribution in [2.45, 2.75) is 31.9 Å². The Hall–Kier alpha value is -1.20. The van der Waals surface area contributed by atoms with Gasteiger partial charge in [-0.25, -0.2) is 9.97 Å². The molecule has 5 nitrogen and oxygen atoms in total. The van der Waals surface area contributed by atoms with Gasteiger partial charge in [0.15, 0.2) is 0 Å². The number of hydrogen-bond acceptors (Lipinski definition) is 4. The molecule has 0 saturated carbocycles. The molecule has 0 aliphatic carbocycles. The quantitative estimate of drug-likeness (QED) is 0.868. The predicted octanol–water partition coefficient (Wildman–Crippen LogP) is 1.43. The van der Waals surface area contributed by atoms with Gasteiger partial charge in [0, 0.05) is 6.61 Å². The maximum Gasteiger partial charge on any atom is 0.271 e. The lowest BCUT2D eigenvalue weighted by Gasteiger charge is -2.28. The fourth-order valence-corrected chi connectivity index (χ4v) is 1.85. The highest BCUT2D eigenvalue weighted by Crippen LogP contribution is 2.25. The Morgan fingerprint density at radius 3 is 2.88 bits per heavy atom. The second kappa shape index (κ2) is 4.58. The molecule has 17 heavy (non-hydrogen) atoms. The van der Waals surface area contributed by atoms with Gasteiger partial charge in [-0.15, -0.1) is 0 Å². The van der Waals surface area contributed by atoms with E-state index >= 15 is 0 Å². The molecular formula is C11H14ClN3O2. The number of amides is 1. The fourth-order valence-electron chi connectivity index (χ4n) is 1.75. The first kappa shape index (κ1) is 12.3. The van der Waals surface area contributed by atoms with Crippen LogP contribution in [0, 0.1) is 0 Å². The zero-order valence-electron chi connectivity index (χ0n) is 9.74. The largest absolute Gasteiger partial charge is 0.376 e. The summed E-state index contributed by atoms with van der Waals surface area (Å²) in [4.78, 5) is 19.7. The summed E-state index contributed by atoms with van der Waals surface area (Å²) in [6, 6.07) is 0. The van der Waals surface area contributed by atoms with Crippen LogP contribution in [0.4, 0.5) is 0 Å². The molecule has 92 valence electrons. The summed E-state index contributed by atoms with van der Waals surface area (Å²) < 4.78 is 5.45. The summed E-state index contributed by atoms with van der Waals surface area (Å²) in [7, 11) is 0. The van der Waals surface area contributed by atoms with Crippen molar-refractivity contribution < 1.29 is 9.53 Å². The van der Waals surface area contributed by atoms with Gasteiger partial charge in [-0.2, -0.15) is 0 Å². The number of carbonyl (C=O) groups is 1. The Bertz CT molecular complexity index is 423. The van der Waals surface area contributed by atoms with Crippen molar-refractivity contribution in [1.29, 1.82) is 0 Å². The lowest BCUT2D eigenvalue weighted by atomic mass is 9.94. The van der Waals surface area contributed by atoms with Gasteiger partial charge in [0.25, 0.3) is 5.91 Å². The monoisotopic (exact) mass is 255 g/mol. The van der Waals surface area contributed by atoms with Gasteiger partial charge in [-0.05, 0) is 20.3 Å². The van der Waals surface area contributed by atoms with E-state index in [-0.39, 0.29) is 28.4 Å². The van der Waals surface area contributed by atoms with E-state index in [2.05, 4.69) is 15.3 Å². The summed E-state index contributed by atoms with van der Waals surface area (Å²) in [6.07, 6.45) is 3.50. The van der Waals surface area contributed by atoms with Gasteiger partial charge in [-0.3, -0.25) is 4.79 Å². The molecule has 0 bridgehead atoms. The average Bonchev–Trinajstić information content (AvgIpc) is 2.60. The Morgan fingerprint density at radius 1 is 1.59 bits per heavy atom. The molecule has 0 aromatic carbocycles. The summed E-state index contributed by atoms with van der Waals surface area (Å²) in [5.41, 5.74) is -0.0898. The third-order valence-electron chi connectivity index (χ3n) is 3.14. The molecule has 0 radical (unpaired) electrons. The molecule has 1 aliphatic rings. The van der Waals surface area contributed by atoms with E-state index in [9.17, 15) is 4.79 Å². The van der Waals surface area contributed by atoms with Crippen molar-refractivity contribution >= 4 is 17.5 Å². The minimum atomic E-state index is -0.349. The number of rotatable bonds is 2. The topological polar surface area (TPSA) is 64.1 Å². The minimum absolute atomic E-state index is 0.00768. The molecule has 0 spiro atoms. The molecule has 1 N–H and O–H groups in total. The maximum absolute atomic E-state index is 12.0. The molecule has 1 aliphatic heterocycles. The highest BCUT2D eigenvalue weighted by molar-refractivity contribution is 6.29. The molecule has 2 rings (SSSR count). The van der Waals surface area contributed by atoms with E-state index in [1.54, 1.807) is 0 Å². The molecule has 1 amide bonds. The van der Waals surface area contributed by atoms with E-state index < -0.39 is 0 Å². The van der Waals surface area contributed by atoms with Crippen LogP contribution in [0.3, 0.4) is 0 Å². The van der Waals surface area contributed by atoms with Crippen molar-refractivity contribution in [1.82, 2.24) is 15.3 Å². The van der Waals surface area contributed by atoms with Crippen LogP contribution < -0.4 is 5.32 Å². The fraction of sp³-hybridized carbons (Fsp3) is 0.545. The second-order valence-electron chi connectivity index (χ2n) is 4.36. The highest BCUT2D eigenvalue weighted by Gasteiger charge is 2.38. The van der Waals surface area contributed by atoms with Crippen molar-refractivity contribution in [2.75, 3.05) is 6.61 Å². The summed E-state index contributed by atoms with van der Waals surface area (Å²) >= 11 is 5.61. The Labute approximate surface area is 105 Å². The molecule has 1 saturated heterocycles.